The molecule has 0 bridgehead atoms. The highest BCUT2D eigenvalue weighted by Crippen LogP contribution is 2.20. The summed E-state index contributed by atoms with van der Waals surface area (Å²) in [6.45, 7) is 3.78. The van der Waals surface area contributed by atoms with E-state index in [1.807, 2.05) is 38.1 Å². The second kappa shape index (κ2) is 7.25. The van der Waals surface area contributed by atoms with Crippen molar-refractivity contribution in [1.82, 2.24) is 20.1 Å². The number of furan rings is 1. The third-order valence-electron chi connectivity index (χ3n) is 3.73. The van der Waals surface area contributed by atoms with Gasteiger partial charge in [-0.05, 0) is 62.5 Å². The van der Waals surface area contributed by atoms with Gasteiger partial charge in [0.15, 0.2) is 10.6 Å². The SMILES string of the molecule is Cc1ccc(C(C)NC(=O)Cn2c(-c3ccc(Cl)cc3)n[nH]c2=S)o1. The molecule has 2 heterocycles. The summed E-state index contributed by atoms with van der Waals surface area (Å²) in [5.74, 6) is 1.91. The molecule has 0 saturated heterocycles. The number of nitrogens with zero attached hydrogens (tertiary/aromatic N) is 2. The maximum absolute atomic E-state index is 12.4. The van der Waals surface area contributed by atoms with Crippen LogP contribution >= 0.6 is 23.8 Å². The number of carbonyl (C=O) groups is 1. The van der Waals surface area contributed by atoms with Crippen LogP contribution in [0.15, 0.2) is 40.8 Å². The van der Waals surface area contributed by atoms with Gasteiger partial charge in [0.1, 0.15) is 18.1 Å². The summed E-state index contributed by atoms with van der Waals surface area (Å²) < 4.78 is 7.56. The number of aryl methyl sites for hydroxylation is 1. The van der Waals surface area contributed by atoms with Crippen molar-refractivity contribution in [3.63, 3.8) is 0 Å². The van der Waals surface area contributed by atoms with E-state index in [1.54, 1.807) is 16.7 Å². The van der Waals surface area contributed by atoms with Crippen LogP contribution in [0.2, 0.25) is 5.02 Å². The Morgan fingerprint density at radius 3 is 2.72 bits per heavy atom. The molecule has 130 valence electrons. The largest absolute Gasteiger partial charge is 0.464 e. The molecular weight excluding hydrogens is 360 g/mol. The van der Waals surface area contributed by atoms with Gasteiger partial charge in [-0.25, -0.2) is 0 Å². The van der Waals surface area contributed by atoms with Crippen LogP contribution in [0.5, 0.6) is 0 Å². The zero-order valence-electron chi connectivity index (χ0n) is 13.7. The predicted octanol–water partition coefficient (Wildman–Crippen LogP) is 4.04. The van der Waals surface area contributed by atoms with Crippen molar-refractivity contribution in [3.8, 4) is 11.4 Å². The van der Waals surface area contributed by atoms with Crippen LogP contribution in [0.3, 0.4) is 0 Å². The Bertz CT molecular complexity index is 942. The summed E-state index contributed by atoms with van der Waals surface area (Å²) >= 11 is 11.2. The first-order valence-electron chi connectivity index (χ1n) is 7.71. The van der Waals surface area contributed by atoms with E-state index in [0.717, 1.165) is 11.3 Å². The van der Waals surface area contributed by atoms with Gasteiger partial charge in [0.25, 0.3) is 0 Å². The lowest BCUT2D eigenvalue weighted by atomic mass is 10.2. The lowest BCUT2D eigenvalue weighted by Gasteiger charge is -2.13. The molecule has 1 amide bonds. The van der Waals surface area contributed by atoms with Crippen molar-refractivity contribution < 1.29 is 9.21 Å². The maximum Gasteiger partial charge on any atom is 0.240 e. The highest BCUT2D eigenvalue weighted by atomic mass is 35.5. The topological polar surface area (TPSA) is 75.8 Å². The quantitative estimate of drug-likeness (QED) is 0.659. The minimum absolute atomic E-state index is 0.0529. The Hall–Kier alpha value is -2.38. The van der Waals surface area contributed by atoms with Gasteiger partial charge in [-0.1, -0.05) is 11.6 Å². The Morgan fingerprint density at radius 2 is 2.08 bits per heavy atom. The highest BCUT2D eigenvalue weighted by Gasteiger charge is 2.16. The minimum Gasteiger partial charge on any atom is -0.464 e. The Kier molecular flexibility index (Phi) is 5.06. The van der Waals surface area contributed by atoms with Crippen molar-refractivity contribution in [1.29, 1.82) is 0 Å². The molecule has 2 aromatic heterocycles. The van der Waals surface area contributed by atoms with Gasteiger partial charge in [0.2, 0.25) is 5.91 Å². The molecule has 6 nitrogen and oxygen atoms in total. The van der Waals surface area contributed by atoms with Crippen LogP contribution in [0.25, 0.3) is 11.4 Å². The van der Waals surface area contributed by atoms with Gasteiger partial charge in [-0.2, -0.15) is 5.10 Å². The fraction of sp³-hybridized carbons (Fsp3) is 0.235. The summed E-state index contributed by atoms with van der Waals surface area (Å²) in [7, 11) is 0. The van der Waals surface area contributed by atoms with Crippen molar-refractivity contribution in [2.75, 3.05) is 0 Å². The van der Waals surface area contributed by atoms with Crippen molar-refractivity contribution in [3.05, 3.63) is 57.7 Å². The molecule has 25 heavy (non-hydrogen) atoms. The van der Waals surface area contributed by atoms with E-state index < -0.39 is 0 Å². The first-order valence-corrected chi connectivity index (χ1v) is 8.49. The normalized spacial score (nSPS) is 12.1. The first kappa shape index (κ1) is 17.4. The monoisotopic (exact) mass is 376 g/mol. The van der Waals surface area contributed by atoms with Crippen LogP contribution < -0.4 is 5.32 Å². The van der Waals surface area contributed by atoms with Crippen LogP contribution in [-0.2, 0) is 11.3 Å². The average molecular weight is 377 g/mol. The molecule has 0 radical (unpaired) electrons. The van der Waals surface area contributed by atoms with Gasteiger partial charge >= 0.3 is 0 Å². The summed E-state index contributed by atoms with van der Waals surface area (Å²) in [6.07, 6.45) is 0. The molecule has 1 atom stereocenters. The molecule has 0 saturated carbocycles. The summed E-state index contributed by atoms with van der Waals surface area (Å²) in [6, 6.07) is 10.7. The maximum atomic E-state index is 12.4. The van der Waals surface area contributed by atoms with Gasteiger partial charge < -0.3 is 9.73 Å². The molecule has 1 unspecified atom stereocenters. The molecule has 0 aliphatic heterocycles. The molecule has 2 N–H and O–H groups in total. The summed E-state index contributed by atoms with van der Waals surface area (Å²) in [4.78, 5) is 12.4. The highest BCUT2D eigenvalue weighted by molar-refractivity contribution is 7.71. The van der Waals surface area contributed by atoms with E-state index in [4.69, 9.17) is 28.2 Å². The number of carbonyl (C=O) groups excluding carboxylic acids is 1. The Balaban J connectivity index is 1.76. The van der Waals surface area contributed by atoms with E-state index in [1.165, 1.54) is 0 Å². The molecular formula is C17H17ClN4O2S. The van der Waals surface area contributed by atoms with E-state index in [2.05, 4.69) is 15.5 Å². The zero-order valence-corrected chi connectivity index (χ0v) is 15.3. The third-order valence-corrected chi connectivity index (χ3v) is 4.29. The molecule has 0 aliphatic carbocycles. The first-order chi connectivity index (χ1) is 11.9. The predicted molar refractivity (Wildman–Crippen MR) is 97.9 cm³/mol. The summed E-state index contributed by atoms with van der Waals surface area (Å²) in [5.41, 5.74) is 0.819. The van der Waals surface area contributed by atoms with E-state index in [0.29, 0.717) is 21.4 Å². The fourth-order valence-corrected chi connectivity index (χ4v) is 2.79. The Morgan fingerprint density at radius 1 is 1.36 bits per heavy atom. The lowest BCUT2D eigenvalue weighted by Crippen LogP contribution is -2.30. The molecule has 0 fully saturated rings. The van der Waals surface area contributed by atoms with E-state index >= 15 is 0 Å². The number of H-pyrrole nitrogens is 1. The lowest BCUT2D eigenvalue weighted by molar-refractivity contribution is -0.122. The number of benzene rings is 1. The number of halogens is 1. The molecule has 8 heteroatoms. The van der Waals surface area contributed by atoms with Gasteiger partial charge in [-0.15, -0.1) is 0 Å². The number of hydrogen-bond acceptors (Lipinski definition) is 4. The number of aromatic nitrogens is 3. The van der Waals surface area contributed by atoms with Crippen LogP contribution in [0.1, 0.15) is 24.5 Å². The van der Waals surface area contributed by atoms with Crippen LogP contribution in [0, 0.1) is 11.7 Å². The van der Waals surface area contributed by atoms with Crippen LogP contribution in [-0.4, -0.2) is 20.7 Å². The average Bonchev–Trinajstić information content (AvgIpc) is 3.15. The number of rotatable bonds is 5. The van der Waals surface area contributed by atoms with Gasteiger partial charge in [0, 0.05) is 10.6 Å². The third kappa shape index (κ3) is 4.00. The van der Waals surface area contributed by atoms with Crippen molar-refractivity contribution in [2.24, 2.45) is 0 Å². The molecule has 3 aromatic rings. The molecule has 3 rings (SSSR count). The van der Waals surface area contributed by atoms with Gasteiger partial charge in [-0.3, -0.25) is 14.5 Å². The number of amides is 1. The fourth-order valence-electron chi connectivity index (χ4n) is 2.47. The van der Waals surface area contributed by atoms with Crippen LogP contribution in [0.4, 0.5) is 0 Å². The molecule has 0 aliphatic rings. The number of aromatic amines is 1. The molecule has 1 aromatic carbocycles. The Labute approximate surface area is 154 Å². The van der Waals surface area contributed by atoms with E-state index in [9.17, 15) is 4.79 Å². The summed E-state index contributed by atoms with van der Waals surface area (Å²) in [5, 5.41) is 10.5. The second-order valence-electron chi connectivity index (χ2n) is 5.68. The smallest absolute Gasteiger partial charge is 0.240 e. The van der Waals surface area contributed by atoms with Crippen molar-refractivity contribution >= 4 is 29.7 Å². The zero-order chi connectivity index (χ0) is 18.0. The van der Waals surface area contributed by atoms with E-state index in [-0.39, 0.29) is 18.5 Å². The number of nitrogens with one attached hydrogen (secondary N) is 2. The standard InChI is InChI=1S/C17H17ClN4O2S/c1-10-3-8-14(24-10)11(2)19-15(23)9-22-16(20-21-17(22)25)12-4-6-13(18)7-5-12/h3-8,11H,9H2,1-2H3,(H,19,23)(H,21,25). The number of hydrogen-bond donors (Lipinski definition) is 2. The van der Waals surface area contributed by atoms with Gasteiger partial charge in [0.05, 0.1) is 6.04 Å². The minimum atomic E-state index is -0.235. The van der Waals surface area contributed by atoms with Crippen molar-refractivity contribution in [2.45, 2.75) is 26.4 Å². The molecule has 0 spiro atoms. The second-order valence-corrected chi connectivity index (χ2v) is 6.51.